The molecule has 0 atom stereocenters. The van der Waals surface area contributed by atoms with Gasteiger partial charge in [0.1, 0.15) is 0 Å². The van der Waals surface area contributed by atoms with Gasteiger partial charge in [0.15, 0.2) is 0 Å². The van der Waals surface area contributed by atoms with E-state index >= 15 is 0 Å². The molecule has 36 heavy (non-hydrogen) atoms. The molecule has 0 bridgehead atoms. The van der Waals surface area contributed by atoms with E-state index < -0.39 is 20.2 Å². The first-order valence-electron chi connectivity index (χ1n) is 11.1. The maximum atomic E-state index is 11.3. The van der Waals surface area contributed by atoms with Crippen molar-refractivity contribution in [2.75, 3.05) is 30.1 Å². The SMILES string of the molecule is COc1ccc2[se]c(/C=C3/[Se]c4ccc(C)cc4N3CCCS(=O)(=O)O)[n+](CCCS(=O)(=O)O)c2c1. The average Bonchev–Trinajstić information content (AvgIpc) is 3.29. The predicted octanol–water partition coefficient (Wildman–Crippen LogP) is 1.21. The Morgan fingerprint density at radius 1 is 1.03 bits per heavy atom. The van der Waals surface area contributed by atoms with Crippen molar-refractivity contribution in [1.29, 1.82) is 0 Å². The van der Waals surface area contributed by atoms with E-state index in [0.717, 1.165) is 30.2 Å². The van der Waals surface area contributed by atoms with Crippen molar-refractivity contribution in [3.63, 3.8) is 0 Å². The average molecular weight is 666 g/mol. The normalized spacial score (nSPS) is 15.1. The standard InChI is InChI=1S/C23H26N2O7S2Se2/c1-16-5-7-20-18(13-16)24(9-3-11-33(26,27)28)22(35-20)15-23-25(10-4-12-34(29,30)31)19-14-17(32-2)6-8-21(19)36-23/h5-8,13-15H,3-4,9-12H2,1-2H3,(H-,26,27,28,29,30,31)/p+1. The number of anilines is 1. The predicted molar refractivity (Wildman–Crippen MR) is 142 cm³/mol. The van der Waals surface area contributed by atoms with Gasteiger partial charge in [-0.3, -0.25) is 0 Å². The first-order chi connectivity index (χ1) is 16.9. The number of hydrogen-bond acceptors (Lipinski definition) is 6. The van der Waals surface area contributed by atoms with Crippen LogP contribution in [0.1, 0.15) is 23.0 Å². The number of ether oxygens (including phenoxy) is 1. The molecule has 0 saturated heterocycles. The second-order valence-electron chi connectivity index (χ2n) is 8.41. The minimum atomic E-state index is -4.06. The number of rotatable bonds is 10. The molecule has 0 aliphatic carbocycles. The van der Waals surface area contributed by atoms with Gasteiger partial charge < -0.3 is 0 Å². The van der Waals surface area contributed by atoms with Gasteiger partial charge in [0.2, 0.25) is 0 Å². The van der Waals surface area contributed by atoms with Crippen molar-refractivity contribution in [3.8, 4) is 5.75 Å². The molecular formula is C23H27N2O7S2Se2+. The van der Waals surface area contributed by atoms with Crippen molar-refractivity contribution in [3.05, 3.63) is 51.1 Å². The Bertz CT molecular complexity index is 1530. The van der Waals surface area contributed by atoms with E-state index in [2.05, 4.69) is 33.7 Å². The molecule has 0 saturated carbocycles. The van der Waals surface area contributed by atoms with Crippen LogP contribution >= 0.6 is 0 Å². The fraction of sp³-hybridized carbons (Fsp3) is 0.348. The Morgan fingerprint density at radius 2 is 1.75 bits per heavy atom. The van der Waals surface area contributed by atoms with Gasteiger partial charge in [0.25, 0.3) is 0 Å². The van der Waals surface area contributed by atoms with Crippen LogP contribution < -0.4 is 18.7 Å². The summed E-state index contributed by atoms with van der Waals surface area (Å²) in [5.41, 5.74) is 3.13. The summed E-state index contributed by atoms with van der Waals surface area (Å²) >= 11 is -0.0374. The quantitative estimate of drug-likeness (QED) is 0.188. The first kappa shape index (κ1) is 27.3. The van der Waals surface area contributed by atoms with Crippen LogP contribution in [-0.4, -0.2) is 80.6 Å². The van der Waals surface area contributed by atoms with E-state index in [0.29, 0.717) is 18.8 Å². The molecule has 2 heterocycles. The summed E-state index contributed by atoms with van der Waals surface area (Å²) < 4.78 is 75.7. The number of hydrogen-bond donors (Lipinski definition) is 2. The van der Waals surface area contributed by atoms with E-state index in [9.17, 15) is 25.9 Å². The summed E-state index contributed by atoms with van der Waals surface area (Å²) in [6, 6.07) is 12.1. The van der Waals surface area contributed by atoms with Crippen LogP contribution in [0.15, 0.2) is 41.0 Å². The summed E-state index contributed by atoms with van der Waals surface area (Å²) in [6.07, 6.45) is 2.69. The first-order valence-corrected chi connectivity index (χ1v) is 17.8. The Hall–Kier alpha value is -1.69. The summed E-state index contributed by atoms with van der Waals surface area (Å²) in [4.78, 5) is 2.14. The molecule has 194 valence electrons. The molecule has 0 amide bonds. The molecule has 2 N–H and O–H groups in total. The Kier molecular flexibility index (Phi) is 8.33. The summed E-state index contributed by atoms with van der Waals surface area (Å²) in [5, 5.41) is 0. The monoisotopic (exact) mass is 667 g/mol. The van der Waals surface area contributed by atoms with Crippen molar-refractivity contribution in [1.82, 2.24) is 0 Å². The number of aryl methyl sites for hydroxylation is 2. The van der Waals surface area contributed by atoms with Crippen LogP contribution in [0, 0.1) is 6.92 Å². The van der Waals surface area contributed by atoms with Gasteiger partial charge in [-0.2, -0.15) is 0 Å². The molecule has 2 aromatic carbocycles. The fourth-order valence-corrected chi connectivity index (χ4v) is 10.0. The zero-order chi connectivity index (χ0) is 26.1. The number of fused-ring (bicyclic) bond motifs is 2. The second kappa shape index (κ2) is 11.0. The zero-order valence-electron chi connectivity index (χ0n) is 19.7. The Labute approximate surface area is 223 Å². The summed E-state index contributed by atoms with van der Waals surface area (Å²) in [5.74, 6) is 0.0761. The van der Waals surface area contributed by atoms with Crippen LogP contribution in [0.2, 0.25) is 0 Å². The molecule has 1 aromatic heterocycles. The van der Waals surface area contributed by atoms with Crippen LogP contribution in [-0.2, 0) is 26.8 Å². The van der Waals surface area contributed by atoms with Crippen molar-refractivity contribution >= 4 is 75.7 Å². The minimum absolute atomic E-state index is 0.00320. The molecule has 0 unspecified atom stereocenters. The van der Waals surface area contributed by atoms with Gasteiger partial charge in [0, 0.05) is 0 Å². The third-order valence-electron chi connectivity index (χ3n) is 5.64. The second-order valence-corrected chi connectivity index (χ2v) is 16.0. The molecule has 0 fully saturated rings. The Morgan fingerprint density at radius 3 is 2.44 bits per heavy atom. The van der Waals surface area contributed by atoms with Gasteiger partial charge in [-0.1, -0.05) is 0 Å². The number of benzene rings is 2. The van der Waals surface area contributed by atoms with Gasteiger partial charge in [-0.25, -0.2) is 0 Å². The molecule has 3 aromatic rings. The van der Waals surface area contributed by atoms with E-state index in [1.165, 1.54) is 4.46 Å². The third kappa shape index (κ3) is 6.79. The van der Waals surface area contributed by atoms with E-state index in [-0.39, 0.29) is 53.8 Å². The van der Waals surface area contributed by atoms with Gasteiger partial charge in [-0.15, -0.1) is 0 Å². The fourth-order valence-electron chi connectivity index (χ4n) is 4.01. The molecule has 13 heteroatoms. The van der Waals surface area contributed by atoms with Crippen molar-refractivity contribution in [2.45, 2.75) is 26.3 Å². The number of nitrogens with zero attached hydrogens (tertiary/aromatic N) is 2. The molecule has 9 nitrogen and oxygen atoms in total. The van der Waals surface area contributed by atoms with Gasteiger partial charge >= 0.3 is 224 Å². The van der Waals surface area contributed by atoms with Gasteiger partial charge in [-0.05, 0) is 0 Å². The summed E-state index contributed by atoms with van der Waals surface area (Å²) in [6.45, 7) is 2.89. The molecule has 1 aliphatic heterocycles. The molecular weight excluding hydrogens is 638 g/mol. The van der Waals surface area contributed by atoms with E-state index in [1.807, 2.05) is 25.1 Å². The van der Waals surface area contributed by atoms with E-state index in [4.69, 9.17) is 4.74 Å². The van der Waals surface area contributed by atoms with Gasteiger partial charge in [0.05, 0.1) is 0 Å². The number of methoxy groups -OCH3 is 1. The summed E-state index contributed by atoms with van der Waals surface area (Å²) in [7, 11) is -6.51. The van der Waals surface area contributed by atoms with E-state index in [1.54, 1.807) is 7.11 Å². The van der Waals surface area contributed by atoms with Crippen LogP contribution in [0.4, 0.5) is 5.69 Å². The molecule has 0 spiro atoms. The molecule has 0 radical (unpaired) electrons. The molecule has 4 rings (SSSR count). The van der Waals surface area contributed by atoms with Crippen molar-refractivity contribution < 1.29 is 35.2 Å². The maximum absolute atomic E-state index is 11.3. The van der Waals surface area contributed by atoms with Crippen LogP contribution in [0.5, 0.6) is 5.75 Å². The van der Waals surface area contributed by atoms with Crippen LogP contribution in [0.3, 0.4) is 0 Å². The zero-order valence-corrected chi connectivity index (χ0v) is 24.8. The van der Waals surface area contributed by atoms with Crippen LogP contribution in [0.25, 0.3) is 15.9 Å². The number of aromatic nitrogens is 1. The molecule has 1 aliphatic rings. The Balaban J connectivity index is 1.74. The van der Waals surface area contributed by atoms with Crippen molar-refractivity contribution in [2.24, 2.45) is 0 Å². The third-order valence-corrected chi connectivity index (χ3v) is 11.9. The topological polar surface area (TPSA) is 125 Å².